The number of nitrogens with zero attached hydrogens (tertiary/aromatic N) is 1. The van der Waals surface area contributed by atoms with Crippen molar-refractivity contribution in [2.24, 2.45) is 0 Å². The average Bonchev–Trinajstić information content (AvgIpc) is 3.12. The van der Waals surface area contributed by atoms with Crippen molar-refractivity contribution in [1.29, 1.82) is 0 Å². The summed E-state index contributed by atoms with van der Waals surface area (Å²) in [4.78, 5) is 43.2. The van der Waals surface area contributed by atoms with E-state index in [-0.39, 0.29) is 18.6 Å². The molecule has 1 saturated heterocycles. The number of aromatic nitrogens is 1. The Balaban J connectivity index is 1.51. The third kappa shape index (κ3) is 6.91. The molecule has 0 radical (unpaired) electrons. The summed E-state index contributed by atoms with van der Waals surface area (Å²) in [7, 11) is 0. The fraction of sp³-hybridized carbons (Fsp3) is 0.346. The van der Waals surface area contributed by atoms with Crippen LogP contribution >= 0.6 is 11.6 Å². The van der Waals surface area contributed by atoms with E-state index in [1.807, 2.05) is 18.2 Å². The van der Waals surface area contributed by atoms with Gasteiger partial charge in [-0.2, -0.15) is 0 Å². The molecule has 0 spiro atoms. The summed E-state index contributed by atoms with van der Waals surface area (Å²) in [5.41, 5.74) is 1.40. The van der Waals surface area contributed by atoms with E-state index in [1.165, 1.54) is 6.07 Å². The first-order chi connectivity index (χ1) is 17.0. The number of carbonyl (C=O) groups excluding carboxylic acids is 2. The Hall–Kier alpha value is -3.20. The second-order valence-corrected chi connectivity index (χ2v) is 8.85. The van der Waals surface area contributed by atoms with Crippen LogP contribution in [0.5, 0.6) is 0 Å². The molecule has 3 aromatic rings. The van der Waals surface area contributed by atoms with E-state index in [9.17, 15) is 14.4 Å². The van der Waals surface area contributed by atoms with Crippen molar-refractivity contribution < 1.29 is 19.1 Å². The third-order valence-corrected chi connectivity index (χ3v) is 6.18. The number of ether oxygens (including phenoxy) is 2. The molecule has 1 atom stereocenters. The molecule has 9 heteroatoms. The molecule has 35 heavy (non-hydrogen) atoms. The summed E-state index contributed by atoms with van der Waals surface area (Å²) >= 11 is 5.93. The molecular formula is C26H28ClN3O5. The molecule has 1 fully saturated rings. The molecule has 2 heterocycles. The van der Waals surface area contributed by atoms with Crippen LogP contribution in [0.2, 0.25) is 5.02 Å². The minimum Gasteiger partial charge on any atom is -0.463 e. The first kappa shape index (κ1) is 24.9. The number of pyridine rings is 1. The first-order valence-electron chi connectivity index (χ1n) is 11.6. The lowest BCUT2D eigenvalue weighted by Gasteiger charge is -2.21. The zero-order chi connectivity index (χ0) is 24.6. The van der Waals surface area contributed by atoms with E-state index in [0.717, 1.165) is 31.5 Å². The molecule has 0 saturated carbocycles. The van der Waals surface area contributed by atoms with Gasteiger partial charge in [0.15, 0.2) is 0 Å². The lowest BCUT2D eigenvalue weighted by Crippen LogP contribution is -2.44. The van der Waals surface area contributed by atoms with Gasteiger partial charge in [0, 0.05) is 60.2 Å². The zero-order valence-corrected chi connectivity index (χ0v) is 20.1. The second kappa shape index (κ2) is 12.0. The number of benzene rings is 2. The van der Waals surface area contributed by atoms with Gasteiger partial charge in [0.25, 0.3) is 5.91 Å². The number of H-pyrrole nitrogens is 1. The summed E-state index contributed by atoms with van der Waals surface area (Å²) in [6, 6.07) is 14.2. The molecule has 1 unspecified atom stereocenters. The number of carbonyl (C=O) groups is 2. The number of hydrogen-bond acceptors (Lipinski definition) is 6. The fourth-order valence-electron chi connectivity index (χ4n) is 4.10. The van der Waals surface area contributed by atoms with Gasteiger partial charge in [-0.25, -0.2) is 4.79 Å². The van der Waals surface area contributed by atoms with Crippen LogP contribution in [0.15, 0.2) is 59.4 Å². The molecule has 1 aliphatic heterocycles. The molecular weight excluding hydrogens is 470 g/mol. The zero-order valence-electron chi connectivity index (χ0n) is 19.3. The van der Waals surface area contributed by atoms with Gasteiger partial charge in [0.1, 0.15) is 12.6 Å². The average molecular weight is 498 g/mol. The molecule has 1 aliphatic rings. The first-order valence-corrected chi connectivity index (χ1v) is 12.0. The largest absolute Gasteiger partial charge is 0.463 e. The maximum absolute atomic E-state index is 13.1. The Labute approximate surface area is 208 Å². The minimum absolute atomic E-state index is 0.111. The highest BCUT2D eigenvalue weighted by atomic mass is 35.5. The van der Waals surface area contributed by atoms with Gasteiger partial charge in [-0.05, 0) is 42.3 Å². The molecule has 4 rings (SSSR count). The lowest BCUT2D eigenvalue weighted by atomic mass is 10.0. The lowest BCUT2D eigenvalue weighted by molar-refractivity contribution is -0.146. The highest BCUT2D eigenvalue weighted by Crippen LogP contribution is 2.17. The number of rotatable bonds is 8. The third-order valence-electron chi connectivity index (χ3n) is 5.92. The number of esters is 1. The quantitative estimate of drug-likeness (QED) is 0.464. The van der Waals surface area contributed by atoms with Gasteiger partial charge >= 0.3 is 5.97 Å². The van der Waals surface area contributed by atoms with E-state index in [0.29, 0.717) is 34.8 Å². The van der Waals surface area contributed by atoms with E-state index < -0.39 is 17.9 Å². The van der Waals surface area contributed by atoms with Crippen LogP contribution in [0.25, 0.3) is 10.9 Å². The molecule has 184 valence electrons. The summed E-state index contributed by atoms with van der Waals surface area (Å²) in [5.74, 6) is -0.981. The Morgan fingerprint density at radius 1 is 1.11 bits per heavy atom. The topological polar surface area (TPSA) is 101 Å². The molecule has 0 bridgehead atoms. The molecule has 1 amide bonds. The Morgan fingerprint density at radius 3 is 2.74 bits per heavy atom. The minimum atomic E-state index is -0.976. The van der Waals surface area contributed by atoms with Crippen LogP contribution in [0.1, 0.15) is 22.3 Å². The number of fused-ring (bicyclic) bond motifs is 1. The van der Waals surface area contributed by atoms with Gasteiger partial charge in [-0.15, -0.1) is 0 Å². The maximum atomic E-state index is 13.1. The Bertz CT molecular complexity index is 1220. The molecule has 8 nitrogen and oxygen atoms in total. The number of hydrogen-bond donors (Lipinski definition) is 2. The van der Waals surface area contributed by atoms with E-state index >= 15 is 0 Å². The van der Waals surface area contributed by atoms with Crippen LogP contribution in [0.4, 0.5) is 0 Å². The van der Waals surface area contributed by atoms with Gasteiger partial charge in [0.05, 0.1) is 6.61 Å². The van der Waals surface area contributed by atoms with Crippen molar-refractivity contribution in [3.63, 3.8) is 0 Å². The van der Waals surface area contributed by atoms with Crippen LogP contribution in [-0.2, 0) is 20.7 Å². The molecule has 2 aromatic carbocycles. The SMILES string of the molecule is O=C(NC(Cc1cc(=O)[nH]c2ccccc12)C(=O)OCCN1CCCOCC1)c1ccc(Cl)cc1. The summed E-state index contributed by atoms with van der Waals surface area (Å²) in [6.45, 7) is 3.84. The predicted octanol–water partition coefficient (Wildman–Crippen LogP) is 2.79. The van der Waals surface area contributed by atoms with Gasteiger partial charge in [-0.1, -0.05) is 29.8 Å². The maximum Gasteiger partial charge on any atom is 0.329 e. The van der Waals surface area contributed by atoms with Crippen molar-refractivity contribution >= 4 is 34.4 Å². The highest BCUT2D eigenvalue weighted by molar-refractivity contribution is 6.30. The standard InChI is InChI=1S/C26H28ClN3O5/c27-20-8-6-18(7-9-20)25(32)29-23(26(33)35-15-12-30-10-3-13-34-14-11-30)16-19-17-24(31)28-22-5-2-1-4-21(19)22/h1-2,4-9,17,23H,3,10-16H2,(H,28,31)(H,29,32). The highest BCUT2D eigenvalue weighted by Gasteiger charge is 2.25. The predicted molar refractivity (Wildman–Crippen MR) is 134 cm³/mol. The van der Waals surface area contributed by atoms with Crippen LogP contribution in [0.3, 0.4) is 0 Å². The van der Waals surface area contributed by atoms with Gasteiger partial charge in [0.2, 0.25) is 5.56 Å². The number of para-hydroxylation sites is 1. The summed E-state index contributed by atoms with van der Waals surface area (Å²) in [6.07, 6.45) is 1.05. The smallest absolute Gasteiger partial charge is 0.329 e. The molecule has 1 aromatic heterocycles. The Morgan fingerprint density at radius 2 is 1.91 bits per heavy atom. The van der Waals surface area contributed by atoms with Crippen molar-refractivity contribution in [3.05, 3.63) is 81.1 Å². The Kier molecular flexibility index (Phi) is 8.52. The van der Waals surface area contributed by atoms with Crippen molar-refractivity contribution in [1.82, 2.24) is 15.2 Å². The molecule has 2 N–H and O–H groups in total. The van der Waals surface area contributed by atoms with E-state index in [2.05, 4.69) is 15.2 Å². The van der Waals surface area contributed by atoms with Gasteiger partial charge < -0.3 is 19.8 Å². The van der Waals surface area contributed by atoms with Crippen LogP contribution in [0, 0.1) is 0 Å². The summed E-state index contributed by atoms with van der Waals surface area (Å²) < 4.78 is 11.0. The van der Waals surface area contributed by atoms with E-state index in [1.54, 1.807) is 30.3 Å². The van der Waals surface area contributed by atoms with Gasteiger partial charge in [-0.3, -0.25) is 14.5 Å². The van der Waals surface area contributed by atoms with E-state index in [4.69, 9.17) is 21.1 Å². The van der Waals surface area contributed by atoms with Crippen molar-refractivity contribution in [2.75, 3.05) is 39.5 Å². The van der Waals surface area contributed by atoms with Crippen LogP contribution in [-0.4, -0.2) is 67.3 Å². The monoisotopic (exact) mass is 497 g/mol. The fourth-order valence-corrected chi connectivity index (χ4v) is 4.23. The summed E-state index contributed by atoms with van der Waals surface area (Å²) in [5, 5.41) is 4.09. The number of halogens is 1. The normalized spacial score (nSPS) is 15.3. The van der Waals surface area contributed by atoms with Crippen molar-refractivity contribution in [2.45, 2.75) is 18.9 Å². The van der Waals surface area contributed by atoms with Crippen molar-refractivity contribution in [3.8, 4) is 0 Å². The number of aromatic amines is 1. The molecule has 0 aliphatic carbocycles. The number of amides is 1. The van der Waals surface area contributed by atoms with Crippen LogP contribution < -0.4 is 10.9 Å². The second-order valence-electron chi connectivity index (χ2n) is 8.42. The number of nitrogens with one attached hydrogen (secondary N) is 2.